The van der Waals surface area contributed by atoms with Crippen LogP contribution in [0.15, 0.2) is 24.3 Å². The second-order valence-electron chi connectivity index (χ2n) is 7.16. The van der Waals surface area contributed by atoms with Crippen molar-refractivity contribution in [2.45, 2.75) is 45.2 Å². The number of hydrogen-bond acceptors (Lipinski definition) is 4. The zero-order chi connectivity index (χ0) is 17.7. The Labute approximate surface area is 143 Å². The Morgan fingerprint density at radius 3 is 2.75 bits per heavy atom. The molecule has 1 saturated heterocycles. The predicted molar refractivity (Wildman–Crippen MR) is 93.0 cm³/mol. The molecule has 1 atom stereocenters. The smallest absolute Gasteiger partial charge is 0.321 e. The number of imide groups is 1. The first kappa shape index (κ1) is 18.3. The van der Waals surface area contributed by atoms with Gasteiger partial charge in [-0.05, 0) is 57.9 Å². The number of benzene rings is 1. The molecular weight excluding hydrogens is 306 g/mol. The average Bonchev–Trinajstić information content (AvgIpc) is 2.93. The largest absolute Gasteiger partial charge is 0.497 e. The van der Waals surface area contributed by atoms with Crippen LogP contribution in [0.4, 0.5) is 4.79 Å². The third-order valence-electron chi connectivity index (χ3n) is 3.93. The van der Waals surface area contributed by atoms with Gasteiger partial charge in [-0.2, -0.15) is 0 Å². The lowest BCUT2D eigenvalue weighted by Gasteiger charge is -2.25. The molecule has 1 aliphatic rings. The first-order valence-corrected chi connectivity index (χ1v) is 8.28. The minimum atomic E-state index is -0.454. The van der Waals surface area contributed by atoms with Crippen LogP contribution in [0.2, 0.25) is 0 Å². The topological polar surface area (TPSA) is 70.7 Å². The van der Waals surface area contributed by atoms with Crippen molar-refractivity contribution in [1.29, 1.82) is 0 Å². The van der Waals surface area contributed by atoms with Crippen molar-refractivity contribution in [2.24, 2.45) is 0 Å². The van der Waals surface area contributed by atoms with Gasteiger partial charge in [0.25, 0.3) is 0 Å². The Hall–Kier alpha value is -2.08. The number of ether oxygens (including phenoxy) is 1. The number of likely N-dealkylation sites (tertiary alicyclic amines) is 1. The van der Waals surface area contributed by atoms with Gasteiger partial charge in [-0.25, -0.2) is 4.79 Å². The highest BCUT2D eigenvalue weighted by molar-refractivity contribution is 5.95. The van der Waals surface area contributed by atoms with Crippen molar-refractivity contribution >= 4 is 11.9 Å². The summed E-state index contributed by atoms with van der Waals surface area (Å²) < 4.78 is 5.28. The summed E-state index contributed by atoms with van der Waals surface area (Å²) in [4.78, 5) is 26.1. The zero-order valence-electron chi connectivity index (χ0n) is 14.9. The van der Waals surface area contributed by atoms with Crippen molar-refractivity contribution in [3.63, 3.8) is 0 Å². The van der Waals surface area contributed by atoms with E-state index in [0.29, 0.717) is 0 Å². The molecular formula is C18H27N3O3. The number of amides is 3. The van der Waals surface area contributed by atoms with Gasteiger partial charge in [0.05, 0.1) is 13.7 Å². The third-order valence-corrected chi connectivity index (χ3v) is 3.93. The van der Waals surface area contributed by atoms with E-state index in [1.807, 2.05) is 39.0 Å². The fraction of sp³-hybridized carbons (Fsp3) is 0.556. The van der Waals surface area contributed by atoms with E-state index in [1.54, 1.807) is 7.11 Å². The number of carbonyl (C=O) groups is 2. The maximum atomic E-state index is 12.2. The van der Waals surface area contributed by atoms with Gasteiger partial charge in [0, 0.05) is 11.6 Å². The Morgan fingerprint density at radius 1 is 1.33 bits per heavy atom. The van der Waals surface area contributed by atoms with Gasteiger partial charge in [0.15, 0.2) is 0 Å². The first-order valence-electron chi connectivity index (χ1n) is 8.28. The van der Waals surface area contributed by atoms with Gasteiger partial charge >= 0.3 is 6.03 Å². The van der Waals surface area contributed by atoms with E-state index in [0.717, 1.165) is 30.7 Å². The molecule has 0 radical (unpaired) electrons. The molecule has 0 aromatic heterocycles. The van der Waals surface area contributed by atoms with E-state index in [9.17, 15) is 9.59 Å². The van der Waals surface area contributed by atoms with Gasteiger partial charge in [0.2, 0.25) is 5.91 Å². The Bertz CT molecular complexity index is 595. The van der Waals surface area contributed by atoms with Gasteiger partial charge < -0.3 is 10.1 Å². The predicted octanol–water partition coefficient (Wildman–Crippen LogP) is 2.46. The van der Waals surface area contributed by atoms with E-state index < -0.39 is 6.03 Å². The number of nitrogens with one attached hydrogen (secondary N) is 2. The molecule has 1 fully saturated rings. The van der Waals surface area contributed by atoms with Crippen LogP contribution in [0.5, 0.6) is 5.75 Å². The quantitative estimate of drug-likeness (QED) is 0.888. The lowest BCUT2D eigenvalue weighted by Crippen LogP contribution is -2.50. The summed E-state index contributed by atoms with van der Waals surface area (Å²) >= 11 is 0. The Balaban J connectivity index is 1.95. The Kier molecular flexibility index (Phi) is 5.83. The summed E-state index contributed by atoms with van der Waals surface area (Å²) in [6.45, 7) is 6.67. The normalized spacial score (nSPS) is 18.2. The maximum absolute atomic E-state index is 12.2. The van der Waals surface area contributed by atoms with E-state index in [2.05, 4.69) is 21.6 Å². The summed E-state index contributed by atoms with van der Waals surface area (Å²) in [6, 6.07) is 7.65. The van der Waals surface area contributed by atoms with E-state index >= 15 is 0 Å². The second kappa shape index (κ2) is 7.66. The van der Waals surface area contributed by atoms with E-state index in [1.165, 1.54) is 0 Å². The molecule has 2 N–H and O–H groups in total. The lowest BCUT2D eigenvalue weighted by molar-refractivity contribution is -0.121. The molecule has 1 aromatic carbocycles. The van der Waals surface area contributed by atoms with Crippen LogP contribution in [0.25, 0.3) is 0 Å². The number of methoxy groups -OCH3 is 1. The molecule has 0 spiro atoms. The monoisotopic (exact) mass is 333 g/mol. The standard InChI is InChI=1S/C18H27N3O3/c1-18(2,3)20-17(23)19-16(22)12-21-10-6-9-15(21)13-7-5-8-14(11-13)24-4/h5,7-8,11,15H,6,9-10,12H2,1-4H3,(H2,19,20,22,23). The summed E-state index contributed by atoms with van der Waals surface area (Å²) in [5, 5.41) is 5.13. The number of rotatable bonds is 4. The highest BCUT2D eigenvalue weighted by atomic mass is 16.5. The molecule has 6 heteroatoms. The molecule has 0 bridgehead atoms. The molecule has 1 heterocycles. The first-order chi connectivity index (χ1) is 11.3. The zero-order valence-corrected chi connectivity index (χ0v) is 14.9. The molecule has 1 unspecified atom stereocenters. The molecule has 132 valence electrons. The second-order valence-corrected chi connectivity index (χ2v) is 7.16. The van der Waals surface area contributed by atoms with Crippen molar-refractivity contribution in [3.8, 4) is 5.75 Å². The van der Waals surface area contributed by atoms with Crippen LogP contribution in [-0.4, -0.2) is 42.6 Å². The molecule has 1 aliphatic heterocycles. The number of urea groups is 1. The van der Waals surface area contributed by atoms with E-state index in [-0.39, 0.29) is 24.0 Å². The molecule has 0 saturated carbocycles. The van der Waals surface area contributed by atoms with Crippen LogP contribution >= 0.6 is 0 Å². The van der Waals surface area contributed by atoms with Gasteiger partial charge in [-0.3, -0.25) is 15.0 Å². The molecule has 2 rings (SSSR count). The fourth-order valence-corrected chi connectivity index (χ4v) is 2.96. The molecule has 6 nitrogen and oxygen atoms in total. The highest BCUT2D eigenvalue weighted by Gasteiger charge is 2.28. The molecule has 1 aromatic rings. The Morgan fingerprint density at radius 2 is 2.08 bits per heavy atom. The third kappa shape index (κ3) is 5.23. The average molecular weight is 333 g/mol. The fourth-order valence-electron chi connectivity index (χ4n) is 2.96. The van der Waals surface area contributed by atoms with Crippen LogP contribution < -0.4 is 15.4 Å². The summed E-state index contributed by atoms with van der Waals surface area (Å²) in [7, 11) is 1.65. The van der Waals surface area contributed by atoms with Crippen LogP contribution in [0.1, 0.15) is 45.2 Å². The maximum Gasteiger partial charge on any atom is 0.321 e. The van der Waals surface area contributed by atoms with Gasteiger partial charge in [-0.1, -0.05) is 12.1 Å². The van der Waals surface area contributed by atoms with Crippen LogP contribution in [-0.2, 0) is 4.79 Å². The van der Waals surface area contributed by atoms with Gasteiger partial charge in [0.1, 0.15) is 5.75 Å². The molecule has 3 amide bonds. The minimum Gasteiger partial charge on any atom is -0.497 e. The van der Waals surface area contributed by atoms with E-state index in [4.69, 9.17) is 4.74 Å². The van der Waals surface area contributed by atoms with Crippen molar-refractivity contribution in [2.75, 3.05) is 20.2 Å². The lowest BCUT2D eigenvalue weighted by atomic mass is 10.0. The van der Waals surface area contributed by atoms with Crippen molar-refractivity contribution < 1.29 is 14.3 Å². The van der Waals surface area contributed by atoms with Crippen LogP contribution in [0.3, 0.4) is 0 Å². The number of nitrogens with zero attached hydrogens (tertiary/aromatic N) is 1. The summed E-state index contributed by atoms with van der Waals surface area (Å²) in [6.07, 6.45) is 2.03. The van der Waals surface area contributed by atoms with Crippen molar-refractivity contribution in [1.82, 2.24) is 15.5 Å². The summed E-state index contributed by atoms with van der Waals surface area (Å²) in [5.41, 5.74) is 0.764. The summed E-state index contributed by atoms with van der Waals surface area (Å²) in [5.74, 6) is 0.528. The number of hydrogen-bond donors (Lipinski definition) is 2. The minimum absolute atomic E-state index is 0.177. The highest BCUT2D eigenvalue weighted by Crippen LogP contribution is 2.32. The molecule has 0 aliphatic carbocycles. The van der Waals surface area contributed by atoms with Gasteiger partial charge in [-0.15, -0.1) is 0 Å². The molecule has 24 heavy (non-hydrogen) atoms. The SMILES string of the molecule is COc1cccc(C2CCCN2CC(=O)NC(=O)NC(C)(C)C)c1. The van der Waals surface area contributed by atoms with Crippen molar-refractivity contribution in [3.05, 3.63) is 29.8 Å². The number of carbonyl (C=O) groups excluding carboxylic acids is 2. The van der Waals surface area contributed by atoms with Crippen LogP contribution in [0, 0.1) is 0 Å².